The number of nitrogens with zero attached hydrogens (tertiary/aromatic N) is 2. The third-order valence-corrected chi connectivity index (χ3v) is 4.96. The highest BCUT2D eigenvalue weighted by Gasteiger charge is 2.22. The number of nitrogens with one attached hydrogen (secondary N) is 1. The summed E-state index contributed by atoms with van der Waals surface area (Å²) in [6.07, 6.45) is 21.2. The second-order valence-corrected chi connectivity index (χ2v) is 7.71. The van der Waals surface area contributed by atoms with Crippen molar-refractivity contribution in [1.82, 2.24) is 15.2 Å². The number of unbranched alkanes of at least 4 members (excludes halogenated alkanes) is 12. The van der Waals surface area contributed by atoms with Gasteiger partial charge in [0.25, 0.3) is 0 Å². The van der Waals surface area contributed by atoms with E-state index in [-0.39, 0.29) is 5.41 Å². The molecule has 0 unspecified atom stereocenters. The van der Waals surface area contributed by atoms with Crippen molar-refractivity contribution in [3.05, 3.63) is 12.2 Å². The van der Waals surface area contributed by atoms with Crippen molar-refractivity contribution in [3.8, 4) is 0 Å². The molecule has 1 N–H and O–H groups in total. The molecule has 0 aliphatic heterocycles. The molecule has 3 nitrogen and oxygen atoms in total. The molecule has 0 saturated heterocycles. The van der Waals surface area contributed by atoms with E-state index in [0.29, 0.717) is 0 Å². The van der Waals surface area contributed by atoms with Gasteiger partial charge in [0, 0.05) is 5.41 Å². The van der Waals surface area contributed by atoms with Crippen LogP contribution in [0.3, 0.4) is 0 Å². The summed E-state index contributed by atoms with van der Waals surface area (Å²) in [5, 5.41) is 6.98. The number of hydrogen-bond acceptors (Lipinski definition) is 2. The number of hydrogen-bond donors (Lipinski definition) is 1. The van der Waals surface area contributed by atoms with Gasteiger partial charge >= 0.3 is 0 Å². The lowest BCUT2D eigenvalue weighted by atomic mass is 9.86. The van der Waals surface area contributed by atoms with Gasteiger partial charge in [-0.15, -0.1) is 0 Å². The average Bonchev–Trinajstić information content (AvgIpc) is 3.07. The molecule has 1 aromatic rings. The van der Waals surface area contributed by atoms with Crippen LogP contribution in [0.15, 0.2) is 6.33 Å². The lowest BCUT2D eigenvalue weighted by Crippen LogP contribution is -2.19. The van der Waals surface area contributed by atoms with E-state index in [4.69, 9.17) is 0 Å². The van der Waals surface area contributed by atoms with Crippen LogP contribution in [0.1, 0.15) is 116 Å². The first-order chi connectivity index (χ1) is 11.2. The quantitative estimate of drug-likeness (QED) is 0.371. The van der Waals surface area contributed by atoms with E-state index >= 15 is 0 Å². The van der Waals surface area contributed by atoms with E-state index in [9.17, 15) is 0 Å². The Labute approximate surface area is 144 Å². The normalized spacial score (nSPS) is 12.0. The molecule has 0 fully saturated rings. The largest absolute Gasteiger partial charge is 0.263 e. The molecular weight excluding hydrogens is 282 g/mol. The maximum atomic E-state index is 4.30. The van der Waals surface area contributed by atoms with E-state index in [0.717, 1.165) is 5.82 Å². The molecule has 1 aromatic heterocycles. The van der Waals surface area contributed by atoms with Crippen LogP contribution < -0.4 is 0 Å². The lowest BCUT2D eigenvalue weighted by molar-refractivity contribution is 0.420. The summed E-state index contributed by atoms with van der Waals surface area (Å²) in [7, 11) is 0. The molecule has 0 aromatic carbocycles. The molecule has 3 heteroatoms. The standard InChI is InChI=1S/C20H39N3/c1-4-5-6-7-8-9-10-11-12-13-14-15-16-17-20(2,3)19-21-18-22-23-19/h18H,4-17H2,1-3H3,(H,21,22,23). The Morgan fingerprint density at radius 2 is 1.26 bits per heavy atom. The average molecular weight is 322 g/mol. The van der Waals surface area contributed by atoms with E-state index in [1.54, 1.807) is 6.33 Å². The van der Waals surface area contributed by atoms with Crippen molar-refractivity contribution in [2.24, 2.45) is 0 Å². The third-order valence-electron chi connectivity index (χ3n) is 4.96. The van der Waals surface area contributed by atoms with Crippen LogP contribution in [0.25, 0.3) is 0 Å². The van der Waals surface area contributed by atoms with Crippen molar-refractivity contribution in [2.75, 3.05) is 0 Å². The minimum absolute atomic E-state index is 0.133. The molecule has 0 bridgehead atoms. The predicted molar refractivity (Wildman–Crippen MR) is 99.7 cm³/mol. The zero-order chi connectivity index (χ0) is 16.8. The molecule has 134 valence electrons. The fourth-order valence-corrected chi connectivity index (χ4v) is 3.23. The first kappa shape index (κ1) is 20.2. The van der Waals surface area contributed by atoms with Crippen LogP contribution in [0, 0.1) is 0 Å². The van der Waals surface area contributed by atoms with Crippen molar-refractivity contribution < 1.29 is 0 Å². The Kier molecular flexibility index (Phi) is 11.0. The molecule has 0 amide bonds. The minimum Gasteiger partial charge on any atom is -0.263 e. The minimum atomic E-state index is 0.133. The SMILES string of the molecule is CCCCCCCCCCCCCCCC(C)(C)c1ncn[nH]1. The van der Waals surface area contributed by atoms with Gasteiger partial charge in [-0.05, 0) is 6.42 Å². The number of H-pyrrole nitrogens is 1. The van der Waals surface area contributed by atoms with Gasteiger partial charge in [0.05, 0.1) is 0 Å². The van der Waals surface area contributed by atoms with Crippen LogP contribution in [0.5, 0.6) is 0 Å². The maximum Gasteiger partial charge on any atom is 0.137 e. The molecule has 0 spiro atoms. The third kappa shape index (κ3) is 9.78. The van der Waals surface area contributed by atoms with Crippen molar-refractivity contribution in [3.63, 3.8) is 0 Å². The zero-order valence-corrected chi connectivity index (χ0v) is 15.9. The summed E-state index contributed by atoms with van der Waals surface area (Å²) in [5.74, 6) is 1.02. The summed E-state index contributed by atoms with van der Waals surface area (Å²) >= 11 is 0. The van der Waals surface area contributed by atoms with E-state index < -0.39 is 0 Å². The molecule has 0 saturated carbocycles. The van der Waals surface area contributed by atoms with Crippen LogP contribution in [0.2, 0.25) is 0 Å². The molecule has 23 heavy (non-hydrogen) atoms. The van der Waals surface area contributed by atoms with Gasteiger partial charge in [-0.25, -0.2) is 4.98 Å². The Hall–Kier alpha value is -0.860. The van der Waals surface area contributed by atoms with Crippen molar-refractivity contribution in [1.29, 1.82) is 0 Å². The van der Waals surface area contributed by atoms with E-state index in [1.807, 2.05) is 0 Å². The number of aromatic amines is 1. The molecule has 0 atom stereocenters. The highest BCUT2D eigenvalue weighted by molar-refractivity contribution is 5.00. The van der Waals surface area contributed by atoms with Crippen LogP contribution in [-0.4, -0.2) is 15.2 Å². The molecule has 1 rings (SSSR count). The highest BCUT2D eigenvalue weighted by atomic mass is 15.2. The summed E-state index contributed by atoms with van der Waals surface area (Å²) in [5.41, 5.74) is 0.133. The van der Waals surface area contributed by atoms with E-state index in [2.05, 4.69) is 36.0 Å². The summed E-state index contributed by atoms with van der Waals surface area (Å²) in [6, 6.07) is 0. The first-order valence-electron chi connectivity index (χ1n) is 10.0. The second kappa shape index (κ2) is 12.5. The van der Waals surface area contributed by atoms with Crippen molar-refractivity contribution in [2.45, 2.75) is 116 Å². The van der Waals surface area contributed by atoms with Crippen LogP contribution >= 0.6 is 0 Å². The Morgan fingerprint density at radius 3 is 1.70 bits per heavy atom. The monoisotopic (exact) mass is 321 g/mol. The fraction of sp³-hybridized carbons (Fsp3) is 0.900. The Bertz CT molecular complexity index is 357. The summed E-state index contributed by atoms with van der Waals surface area (Å²) < 4.78 is 0. The van der Waals surface area contributed by atoms with Gasteiger partial charge in [-0.2, -0.15) is 5.10 Å². The number of rotatable bonds is 15. The summed E-state index contributed by atoms with van der Waals surface area (Å²) in [6.45, 7) is 6.80. The smallest absolute Gasteiger partial charge is 0.137 e. The summed E-state index contributed by atoms with van der Waals surface area (Å²) in [4.78, 5) is 4.30. The predicted octanol–water partition coefficient (Wildman–Crippen LogP) is 6.56. The van der Waals surface area contributed by atoms with Gasteiger partial charge in [-0.1, -0.05) is 104 Å². The van der Waals surface area contributed by atoms with Gasteiger partial charge in [0.1, 0.15) is 12.2 Å². The van der Waals surface area contributed by atoms with Crippen molar-refractivity contribution >= 4 is 0 Å². The van der Waals surface area contributed by atoms with Gasteiger partial charge in [0.2, 0.25) is 0 Å². The highest BCUT2D eigenvalue weighted by Crippen LogP contribution is 2.26. The first-order valence-corrected chi connectivity index (χ1v) is 10.0. The Morgan fingerprint density at radius 1 is 0.783 bits per heavy atom. The van der Waals surface area contributed by atoms with Gasteiger partial charge in [-0.3, -0.25) is 5.10 Å². The van der Waals surface area contributed by atoms with Gasteiger partial charge in [0.15, 0.2) is 0 Å². The van der Waals surface area contributed by atoms with Crippen LogP contribution in [-0.2, 0) is 5.41 Å². The molecule has 0 aliphatic carbocycles. The molecule has 0 aliphatic rings. The second-order valence-electron chi connectivity index (χ2n) is 7.71. The lowest BCUT2D eigenvalue weighted by Gasteiger charge is -2.21. The fourth-order valence-electron chi connectivity index (χ4n) is 3.23. The zero-order valence-electron chi connectivity index (χ0n) is 15.9. The molecular formula is C20H39N3. The van der Waals surface area contributed by atoms with Gasteiger partial charge < -0.3 is 0 Å². The van der Waals surface area contributed by atoms with E-state index in [1.165, 1.54) is 89.9 Å². The number of aromatic nitrogens is 3. The Balaban J connectivity index is 1.85. The molecule has 0 radical (unpaired) electrons. The maximum absolute atomic E-state index is 4.30. The topological polar surface area (TPSA) is 41.6 Å². The molecule has 1 heterocycles. The van der Waals surface area contributed by atoms with Crippen LogP contribution in [0.4, 0.5) is 0 Å².